The molecule has 1 unspecified atom stereocenters. The molecular weight excluding hydrogens is 402 g/mol. The van der Waals surface area contributed by atoms with E-state index in [0.29, 0.717) is 15.4 Å². The van der Waals surface area contributed by atoms with E-state index >= 15 is 0 Å². The number of hydrogen-bond donors (Lipinski definition) is 1. The molecule has 4 rings (SSSR count). The second-order valence-corrected chi connectivity index (χ2v) is 8.21. The van der Waals surface area contributed by atoms with Crippen molar-refractivity contribution < 1.29 is 5.11 Å². The Labute approximate surface area is 177 Å². The average molecular weight is 422 g/mol. The first-order valence-electron chi connectivity index (χ1n) is 9.06. The van der Waals surface area contributed by atoms with Gasteiger partial charge in [-0.05, 0) is 42.4 Å². The van der Waals surface area contributed by atoms with Crippen LogP contribution in [-0.2, 0) is 6.54 Å². The van der Waals surface area contributed by atoms with Crippen LogP contribution in [-0.4, -0.2) is 30.7 Å². The molecule has 0 saturated carbocycles. The van der Waals surface area contributed by atoms with Gasteiger partial charge in [0.15, 0.2) is 3.95 Å². The van der Waals surface area contributed by atoms with Gasteiger partial charge in [-0.3, -0.25) is 9.56 Å². The molecule has 0 saturated heterocycles. The quantitative estimate of drug-likeness (QED) is 0.352. The van der Waals surface area contributed by atoms with E-state index in [1.807, 2.05) is 61.5 Å². The standard InChI is InChI=1S/C21H19N5OS2/c1-15(17-5-3-2-4-6-17)26-20(27)19(29-21(26)28)11-23-18-9-7-16(8-10-18)12-25-14-22-13-24-25/h2-11,13-15,27H,12H2,1H3. The summed E-state index contributed by atoms with van der Waals surface area (Å²) >= 11 is 6.83. The molecular formula is C21H19N5OS2. The van der Waals surface area contributed by atoms with E-state index in [0.717, 1.165) is 16.8 Å². The lowest BCUT2D eigenvalue weighted by Gasteiger charge is -2.14. The van der Waals surface area contributed by atoms with Gasteiger partial charge in [0, 0.05) is 0 Å². The molecule has 8 heteroatoms. The van der Waals surface area contributed by atoms with Crippen molar-refractivity contribution in [1.29, 1.82) is 0 Å². The van der Waals surface area contributed by atoms with Gasteiger partial charge < -0.3 is 5.11 Å². The molecule has 29 heavy (non-hydrogen) atoms. The van der Waals surface area contributed by atoms with Crippen LogP contribution in [0.3, 0.4) is 0 Å². The smallest absolute Gasteiger partial charge is 0.212 e. The Morgan fingerprint density at radius 3 is 2.62 bits per heavy atom. The predicted octanol–water partition coefficient (Wildman–Crippen LogP) is 4.98. The number of rotatable bonds is 6. The minimum absolute atomic E-state index is 0.0573. The Morgan fingerprint density at radius 2 is 1.93 bits per heavy atom. The fourth-order valence-electron chi connectivity index (χ4n) is 3.02. The van der Waals surface area contributed by atoms with E-state index in [4.69, 9.17) is 12.2 Å². The van der Waals surface area contributed by atoms with Crippen LogP contribution in [0, 0.1) is 3.95 Å². The highest BCUT2D eigenvalue weighted by Gasteiger charge is 2.16. The van der Waals surface area contributed by atoms with Gasteiger partial charge in [0.05, 0.1) is 24.5 Å². The maximum Gasteiger partial charge on any atom is 0.212 e. The van der Waals surface area contributed by atoms with Gasteiger partial charge in [0.2, 0.25) is 5.88 Å². The van der Waals surface area contributed by atoms with Crippen LogP contribution in [0.4, 0.5) is 5.69 Å². The van der Waals surface area contributed by atoms with Crippen molar-refractivity contribution in [1.82, 2.24) is 19.3 Å². The molecule has 1 N–H and O–H groups in total. The Morgan fingerprint density at radius 1 is 1.17 bits per heavy atom. The number of thiazole rings is 1. The summed E-state index contributed by atoms with van der Waals surface area (Å²) in [6.45, 7) is 2.68. The van der Waals surface area contributed by atoms with Gasteiger partial charge >= 0.3 is 0 Å². The minimum atomic E-state index is -0.0573. The number of hydrogen-bond acceptors (Lipinski definition) is 6. The van der Waals surface area contributed by atoms with Crippen molar-refractivity contribution in [2.75, 3.05) is 0 Å². The molecule has 4 aromatic rings. The summed E-state index contributed by atoms with van der Waals surface area (Å²) in [5.41, 5.74) is 2.99. The zero-order valence-electron chi connectivity index (χ0n) is 15.7. The van der Waals surface area contributed by atoms with E-state index in [2.05, 4.69) is 15.1 Å². The van der Waals surface area contributed by atoms with Gasteiger partial charge in [-0.25, -0.2) is 9.67 Å². The first kappa shape index (κ1) is 19.2. The van der Waals surface area contributed by atoms with Crippen LogP contribution >= 0.6 is 23.6 Å². The van der Waals surface area contributed by atoms with Crippen LogP contribution in [0.1, 0.15) is 29.0 Å². The van der Waals surface area contributed by atoms with Gasteiger partial charge in [0.25, 0.3) is 0 Å². The number of benzene rings is 2. The predicted molar refractivity (Wildman–Crippen MR) is 118 cm³/mol. The molecule has 0 aliphatic carbocycles. The van der Waals surface area contributed by atoms with E-state index in [-0.39, 0.29) is 11.9 Å². The number of aliphatic imine (C=N–C) groups is 1. The zero-order chi connectivity index (χ0) is 20.2. The van der Waals surface area contributed by atoms with Crippen LogP contribution in [0.15, 0.2) is 72.2 Å². The summed E-state index contributed by atoms with van der Waals surface area (Å²) < 4.78 is 4.14. The van der Waals surface area contributed by atoms with Crippen molar-refractivity contribution in [3.05, 3.63) is 87.2 Å². The second-order valence-electron chi connectivity index (χ2n) is 6.53. The summed E-state index contributed by atoms with van der Waals surface area (Å²) in [7, 11) is 0. The Bertz CT molecular complexity index is 1160. The lowest BCUT2D eigenvalue weighted by atomic mass is 10.1. The van der Waals surface area contributed by atoms with Crippen molar-refractivity contribution in [3.8, 4) is 5.88 Å². The summed E-state index contributed by atoms with van der Waals surface area (Å²) in [6, 6.07) is 17.8. The summed E-state index contributed by atoms with van der Waals surface area (Å²) in [5, 5.41) is 14.8. The lowest BCUT2D eigenvalue weighted by molar-refractivity contribution is 0.405. The van der Waals surface area contributed by atoms with E-state index in [1.54, 1.807) is 21.8 Å². The summed E-state index contributed by atoms with van der Waals surface area (Å²) in [5.74, 6) is 0.142. The number of nitrogens with zero attached hydrogens (tertiary/aromatic N) is 5. The van der Waals surface area contributed by atoms with Gasteiger partial charge in [-0.1, -0.05) is 53.8 Å². The molecule has 1 atom stereocenters. The van der Waals surface area contributed by atoms with E-state index < -0.39 is 0 Å². The highest BCUT2D eigenvalue weighted by Crippen LogP contribution is 2.31. The number of aromatic hydroxyl groups is 1. The van der Waals surface area contributed by atoms with Gasteiger partial charge in [-0.15, -0.1) is 0 Å². The lowest BCUT2D eigenvalue weighted by Crippen LogP contribution is -2.06. The highest BCUT2D eigenvalue weighted by atomic mass is 32.1. The van der Waals surface area contributed by atoms with E-state index in [9.17, 15) is 5.11 Å². The van der Waals surface area contributed by atoms with Crippen LogP contribution in [0.5, 0.6) is 5.88 Å². The Balaban J connectivity index is 1.52. The van der Waals surface area contributed by atoms with Crippen LogP contribution < -0.4 is 0 Å². The van der Waals surface area contributed by atoms with Crippen molar-refractivity contribution >= 4 is 35.5 Å². The molecule has 2 heterocycles. The average Bonchev–Trinajstić information content (AvgIpc) is 3.35. The topological polar surface area (TPSA) is 68.2 Å². The van der Waals surface area contributed by atoms with Crippen molar-refractivity contribution in [3.63, 3.8) is 0 Å². The van der Waals surface area contributed by atoms with Gasteiger partial charge in [0.1, 0.15) is 17.5 Å². The molecule has 0 spiro atoms. The molecule has 0 aliphatic heterocycles. The molecule has 2 aromatic heterocycles. The fraction of sp³-hybridized carbons (Fsp3) is 0.143. The Kier molecular flexibility index (Phi) is 5.64. The molecule has 0 radical (unpaired) electrons. The van der Waals surface area contributed by atoms with Crippen molar-refractivity contribution in [2.45, 2.75) is 19.5 Å². The van der Waals surface area contributed by atoms with Gasteiger partial charge in [-0.2, -0.15) is 5.10 Å². The molecule has 0 fully saturated rings. The molecule has 2 aromatic carbocycles. The maximum atomic E-state index is 10.7. The monoisotopic (exact) mass is 421 g/mol. The fourth-order valence-corrected chi connectivity index (χ4v) is 4.36. The first-order chi connectivity index (χ1) is 14.1. The number of aromatic nitrogens is 4. The summed E-state index contributed by atoms with van der Waals surface area (Å²) in [6.07, 6.45) is 4.87. The second kappa shape index (κ2) is 8.50. The molecule has 0 amide bonds. The SMILES string of the molecule is CC(c1ccccc1)n1c(O)c(C=Nc2ccc(Cn3cncn3)cc2)sc1=S. The molecule has 146 valence electrons. The molecule has 6 nitrogen and oxygen atoms in total. The minimum Gasteiger partial charge on any atom is -0.493 e. The third-order valence-corrected chi connectivity index (χ3v) is 5.92. The maximum absolute atomic E-state index is 10.7. The molecule has 0 aliphatic rings. The molecule has 0 bridgehead atoms. The first-order valence-corrected chi connectivity index (χ1v) is 10.3. The zero-order valence-corrected chi connectivity index (χ0v) is 17.3. The van der Waals surface area contributed by atoms with Crippen LogP contribution in [0.25, 0.3) is 0 Å². The van der Waals surface area contributed by atoms with Crippen molar-refractivity contribution in [2.24, 2.45) is 4.99 Å². The van der Waals surface area contributed by atoms with Crippen LogP contribution in [0.2, 0.25) is 0 Å². The van der Waals surface area contributed by atoms with E-state index in [1.165, 1.54) is 17.7 Å². The summed E-state index contributed by atoms with van der Waals surface area (Å²) in [4.78, 5) is 9.08. The highest BCUT2D eigenvalue weighted by molar-refractivity contribution is 7.73. The normalized spacial score (nSPS) is 12.4. The largest absolute Gasteiger partial charge is 0.493 e. The third-order valence-electron chi connectivity index (χ3n) is 4.59. The third kappa shape index (κ3) is 4.33. The Hall–Kier alpha value is -3.10.